The van der Waals surface area contributed by atoms with Gasteiger partial charge in [0.1, 0.15) is 0 Å². The quantitative estimate of drug-likeness (QED) is 0.646. The van der Waals surface area contributed by atoms with E-state index in [4.69, 9.17) is 0 Å². The minimum Gasteiger partial charge on any atom is -0.295 e. The zero-order valence-electron chi connectivity index (χ0n) is 18.7. The number of nitrogens with zero attached hydrogens (tertiary/aromatic N) is 2. The fourth-order valence-corrected chi connectivity index (χ4v) is 4.93. The third-order valence-corrected chi connectivity index (χ3v) is 7.57. The van der Waals surface area contributed by atoms with Crippen LogP contribution >= 0.6 is 0 Å². The number of fused-ring (bicyclic) bond motifs is 1. The lowest BCUT2D eigenvalue weighted by Gasteiger charge is -2.25. The number of benzene rings is 1. The van der Waals surface area contributed by atoms with Crippen LogP contribution in [0.2, 0.25) is 0 Å². The van der Waals surface area contributed by atoms with Crippen molar-refractivity contribution in [2.75, 3.05) is 5.32 Å². The molecule has 0 radical (unpaired) electrons. The van der Waals surface area contributed by atoms with Gasteiger partial charge < -0.3 is 0 Å². The highest BCUT2D eigenvalue weighted by molar-refractivity contribution is 7.89. The van der Waals surface area contributed by atoms with Crippen LogP contribution in [0.15, 0.2) is 35.4 Å². The molecule has 0 saturated carbocycles. The lowest BCUT2D eigenvalue weighted by atomic mass is 9.82. The second-order valence-corrected chi connectivity index (χ2v) is 10.5. The Kier molecular flexibility index (Phi) is 7.11. The van der Waals surface area contributed by atoms with E-state index >= 15 is 0 Å². The maximum atomic E-state index is 12.9. The summed E-state index contributed by atoms with van der Waals surface area (Å²) in [6.07, 6.45) is 5.66. The molecular formula is C23H32N4O3S. The molecule has 2 aromatic rings. The second kappa shape index (κ2) is 9.44. The first-order valence-electron chi connectivity index (χ1n) is 10.9. The minimum absolute atomic E-state index is 0.0116. The van der Waals surface area contributed by atoms with E-state index in [2.05, 4.69) is 40.8 Å². The van der Waals surface area contributed by atoms with Crippen LogP contribution in [-0.2, 0) is 33.1 Å². The number of aromatic nitrogens is 2. The van der Waals surface area contributed by atoms with Gasteiger partial charge >= 0.3 is 0 Å². The first-order valence-corrected chi connectivity index (χ1v) is 12.4. The van der Waals surface area contributed by atoms with E-state index in [1.165, 1.54) is 0 Å². The normalized spacial score (nSPS) is 16.6. The number of hydrogen-bond donors (Lipinski definition) is 2. The van der Waals surface area contributed by atoms with E-state index in [0.29, 0.717) is 31.6 Å². The molecule has 2 N–H and O–H groups in total. The Labute approximate surface area is 185 Å². The van der Waals surface area contributed by atoms with Crippen molar-refractivity contribution in [1.29, 1.82) is 0 Å². The van der Waals surface area contributed by atoms with E-state index in [1.807, 2.05) is 19.1 Å². The minimum atomic E-state index is -3.61. The highest BCUT2D eigenvalue weighted by Gasteiger charge is 2.26. The van der Waals surface area contributed by atoms with Crippen molar-refractivity contribution in [1.82, 2.24) is 14.7 Å². The first-order chi connectivity index (χ1) is 14.6. The van der Waals surface area contributed by atoms with Crippen molar-refractivity contribution in [2.24, 2.45) is 0 Å². The topological polar surface area (TPSA) is 101 Å². The monoisotopic (exact) mass is 444 g/mol. The fourth-order valence-electron chi connectivity index (χ4n) is 3.66. The summed E-state index contributed by atoms with van der Waals surface area (Å²) < 4.78 is 28.6. The molecule has 0 spiro atoms. The average Bonchev–Trinajstić information content (AvgIpc) is 2.74. The largest absolute Gasteiger partial charge is 0.295 e. The van der Waals surface area contributed by atoms with Crippen molar-refractivity contribution in [3.8, 4) is 0 Å². The lowest BCUT2D eigenvalue weighted by molar-refractivity contribution is -0.116. The molecule has 1 unspecified atom stereocenters. The van der Waals surface area contributed by atoms with E-state index in [1.54, 1.807) is 18.3 Å². The van der Waals surface area contributed by atoms with Gasteiger partial charge in [0.2, 0.25) is 21.9 Å². The third kappa shape index (κ3) is 5.68. The maximum absolute atomic E-state index is 12.9. The summed E-state index contributed by atoms with van der Waals surface area (Å²) in [4.78, 5) is 20.7. The average molecular weight is 445 g/mol. The Hall–Kier alpha value is -2.32. The van der Waals surface area contributed by atoms with Crippen molar-refractivity contribution in [3.05, 3.63) is 47.3 Å². The van der Waals surface area contributed by atoms with E-state index in [9.17, 15) is 13.2 Å². The second-order valence-electron chi connectivity index (χ2n) is 8.79. The number of aryl methyl sites for hydroxylation is 1. The molecule has 7 nitrogen and oxygen atoms in total. The number of sulfonamides is 1. The van der Waals surface area contributed by atoms with Crippen LogP contribution in [-0.4, -0.2) is 30.3 Å². The number of hydrogen-bond acceptors (Lipinski definition) is 5. The van der Waals surface area contributed by atoms with Crippen molar-refractivity contribution in [2.45, 2.75) is 82.6 Å². The molecule has 1 aliphatic rings. The van der Waals surface area contributed by atoms with Gasteiger partial charge in [0.05, 0.1) is 4.90 Å². The highest BCUT2D eigenvalue weighted by atomic mass is 32.2. The SMILES string of the molecule is CCCC(=O)Nc1ncc2c(n1)CCC(NS(=O)(=O)c1ccc(C(C)(C)CC)cc1)C2. The zero-order valence-corrected chi connectivity index (χ0v) is 19.6. The van der Waals surface area contributed by atoms with Gasteiger partial charge in [-0.25, -0.2) is 23.1 Å². The molecule has 1 aliphatic carbocycles. The zero-order chi connectivity index (χ0) is 22.6. The van der Waals surface area contributed by atoms with Crippen LogP contribution < -0.4 is 10.0 Å². The predicted octanol–water partition coefficient (Wildman–Crippen LogP) is 3.74. The van der Waals surface area contributed by atoms with Gasteiger partial charge in [-0.3, -0.25) is 10.1 Å². The standard InChI is InChI=1S/C23H32N4O3S/c1-5-7-21(28)26-22-24-15-16-14-18(10-13-20(16)25-22)27-31(29,30)19-11-8-17(9-12-19)23(3,4)6-2/h8-9,11-12,15,18,27H,5-7,10,13-14H2,1-4H3,(H,24,25,26,28). The molecule has 0 saturated heterocycles. The highest BCUT2D eigenvalue weighted by Crippen LogP contribution is 2.28. The Morgan fingerprint density at radius 3 is 2.55 bits per heavy atom. The predicted molar refractivity (Wildman–Crippen MR) is 121 cm³/mol. The molecule has 1 heterocycles. The van der Waals surface area contributed by atoms with Gasteiger partial charge in [-0.15, -0.1) is 0 Å². The molecular weight excluding hydrogens is 412 g/mol. The van der Waals surface area contributed by atoms with Crippen molar-refractivity contribution in [3.63, 3.8) is 0 Å². The summed E-state index contributed by atoms with van der Waals surface area (Å²) in [5.74, 6) is 0.212. The van der Waals surface area contributed by atoms with E-state index in [0.717, 1.165) is 29.7 Å². The Bertz CT molecular complexity index is 1030. The van der Waals surface area contributed by atoms with Gasteiger partial charge in [-0.05, 0) is 60.8 Å². The maximum Gasteiger partial charge on any atom is 0.240 e. The van der Waals surface area contributed by atoms with Crippen LogP contribution in [0.5, 0.6) is 0 Å². The third-order valence-electron chi connectivity index (χ3n) is 6.03. The molecule has 1 amide bonds. The molecule has 1 aromatic carbocycles. The van der Waals surface area contributed by atoms with Crippen LogP contribution in [0.4, 0.5) is 5.95 Å². The molecule has 3 rings (SSSR count). The van der Waals surface area contributed by atoms with E-state index in [-0.39, 0.29) is 22.3 Å². The Morgan fingerprint density at radius 1 is 1.19 bits per heavy atom. The number of carbonyl (C=O) groups is 1. The number of rotatable bonds is 8. The lowest BCUT2D eigenvalue weighted by Crippen LogP contribution is -2.39. The van der Waals surface area contributed by atoms with Crippen LogP contribution in [0.1, 0.15) is 70.2 Å². The summed E-state index contributed by atoms with van der Waals surface area (Å²) in [5, 5.41) is 2.71. The van der Waals surface area contributed by atoms with Crippen LogP contribution in [0, 0.1) is 0 Å². The molecule has 0 bridgehead atoms. The van der Waals surface area contributed by atoms with Gasteiger partial charge in [0, 0.05) is 24.4 Å². The fraction of sp³-hybridized carbons (Fsp3) is 0.522. The molecule has 168 valence electrons. The van der Waals surface area contributed by atoms with Crippen molar-refractivity contribution < 1.29 is 13.2 Å². The number of anilines is 1. The molecule has 8 heteroatoms. The van der Waals surface area contributed by atoms with Gasteiger partial charge in [0.25, 0.3) is 0 Å². The summed E-state index contributed by atoms with van der Waals surface area (Å²) in [6, 6.07) is 6.95. The first kappa shape index (κ1) is 23.3. The summed E-state index contributed by atoms with van der Waals surface area (Å²) in [7, 11) is -3.61. The smallest absolute Gasteiger partial charge is 0.240 e. The summed E-state index contributed by atoms with van der Waals surface area (Å²) in [6.45, 7) is 8.36. The van der Waals surface area contributed by atoms with Crippen molar-refractivity contribution >= 4 is 21.9 Å². The van der Waals surface area contributed by atoms with E-state index < -0.39 is 10.0 Å². The molecule has 0 fully saturated rings. The Morgan fingerprint density at radius 2 is 1.90 bits per heavy atom. The van der Waals surface area contributed by atoms with Gasteiger partial charge in [-0.1, -0.05) is 39.8 Å². The Balaban J connectivity index is 1.67. The molecule has 1 aromatic heterocycles. The molecule has 31 heavy (non-hydrogen) atoms. The molecule has 0 aliphatic heterocycles. The van der Waals surface area contributed by atoms with Crippen LogP contribution in [0.25, 0.3) is 0 Å². The van der Waals surface area contributed by atoms with Gasteiger partial charge in [-0.2, -0.15) is 0 Å². The van der Waals surface area contributed by atoms with Gasteiger partial charge in [0.15, 0.2) is 0 Å². The van der Waals surface area contributed by atoms with Crippen LogP contribution in [0.3, 0.4) is 0 Å². The number of carbonyl (C=O) groups excluding carboxylic acids is 1. The molecule has 1 atom stereocenters. The number of nitrogens with one attached hydrogen (secondary N) is 2. The number of amides is 1. The summed E-state index contributed by atoms with van der Waals surface area (Å²) >= 11 is 0. The summed E-state index contributed by atoms with van der Waals surface area (Å²) in [5.41, 5.74) is 2.91.